The van der Waals surface area contributed by atoms with Gasteiger partial charge in [0.1, 0.15) is 10.6 Å². The molecule has 2 N–H and O–H groups in total. The number of sulfonamides is 2. The van der Waals surface area contributed by atoms with Crippen LogP contribution in [0.25, 0.3) is 0 Å². The number of hydrogen-bond donors (Lipinski definition) is 2. The molecule has 1 atom stereocenters. The van der Waals surface area contributed by atoms with Crippen molar-refractivity contribution in [2.24, 2.45) is 23.2 Å². The van der Waals surface area contributed by atoms with E-state index in [0.717, 1.165) is 19.3 Å². The summed E-state index contributed by atoms with van der Waals surface area (Å²) < 4.78 is 68.5. The number of ether oxygens (including phenoxy) is 2. The maximum absolute atomic E-state index is 13.5. The van der Waals surface area contributed by atoms with E-state index >= 15 is 0 Å². The van der Waals surface area contributed by atoms with Gasteiger partial charge in [-0.2, -0.15) is 4.31 Å². The average Bonchev–Trinajstić information content (AvgIpc) is 2.97. The van der Waals surface area contributed by atoms with E-state index in [4.69, 9.17) is 9.47 Å². The molecule has 0 unspecified atom stereocenters. The Bertz CT molecular complexity index is 1530. The minimum atomic E-state index is -3.89. The lowest BCUT2D eigenvalue weighted by Crippen LogP contribution is -2.55. The molecular weight excluding hydrogens is 578 g/mol. The Morgan fingerprint density at radius 3 is 2.24 bits per heavy atom. The molecule has 4 bridgehead atoms. The number of rotatable bonds is 9. The molecule has 4 saturated carbocycles. The fourth-order valence-electron chi connectivity index (χ4n) is 8.02. The Labute approximate surface area is 248 Å². The van der Waals surface area contributed by atoms with Gasteiger partial charge in [0.15, 0.2) is 0 Å². The van der Waals surface area contributed by atoms with Crippen LogP contribution in [0.2, 0.25) is 0 Å². The molecule has 5 aliphatic rings. The van der Waals surface area contributed by atoms with Gasteiger partial charge >= 0.3 is 0 Å². The number of methoxy groups -OCH3 is 1. The third-order valence-electron chi connectivity index (χ3n) is 9.75. The fraction of sp³-hybridized carbons (Fsp3) is 0.567. The summed E-state index contributed by atoms with van der Waals surface area (Å²) in [4.78, 5) is 13.2. The maximum atomic E-state index is 13.5. The number of nitrogens with one attached hydrogen (secondary N) is 2. The third-order valence-corrected chi connectivity index (χ3v) is 13.2. The fourth-order valence-corrected chi connectivity index (χ4v) is 11.0. The molecule has 1 aliphatic heterocycles. The zero-order valence-electron chi connectivity index (χ0n) is 24.0. The Morgan fingerprint density at radius 2 is 1.62 bits per heavy atom. The summed E-state index contributed by atoms with van der Waals surface area (Å²) in [5, 5.41) is 2.72. The van der Waals surface area contributed by atoms with Crippen LogP contribution < -0.4 is 14.8 Å². The molecule has 0 aromatic heterocycles. The van der Waals surface area contributed by atoms with Crippen LogP contribution in [0.5, 0.6) is 5.75 Å². The molecule has 42 heavy (non-hydrogen) atoms. The molecule has 2 aromatic rings. The first kappa shape index (κ1) is 29.6. The van der Waals surface area contributed by atoms with Crippen LogP contribution in [0, 0.1) is 23.2 Å². The molecule has 0 radical (unpaired) electrons. The number of morpholine rings is 1. The van der Waals surface area contributed by atoms with E-state index in [9.17, 15) is 21.6 Å². The van der Waals surface area contributed by atoms with Gasteiger partial charge in [-0.25, -0.2) is 21.6 Å². The number of nitrogens with zero attached hydrogens (tertiary/aromatic N) is 1. The van der Waals surface area contributed by atoms with E-state index in [2.05, 4.69) is 10.0 Å². The van der Waals surface area contributed by atoms with Crippen molar-refractivity contribution >= 4 is 31.6 Å². The van der Waals surface area contributed by atoms with Gasteiger partial charge < -0.3 is 14.8 Å². The summed E-state index contributed by atoms with van der Waals surface area (Å²) >= 11 is 0. The standard InChI is InChI=1S/C30H39N3O7S2/c1-20(30-17-21-12-22(18-30)14-23(13-21)19-30)32-41(35,36)26-5-3-4-24(15-26)29(34)31-25-6-7-27(39-2)28(16-25)42(37,38)33-8-10-40-11-9-33/h3-7,15-16,20-23,32H,8-14,17-19H2,1-2H3,(H,31,34)/t20-,21?,22?,23?,30?/m0/s1. The molecule has 1 amide bonds. The van der Waals surface area contributed by atoms with Crippen LogP contribution in [-0.2, 0) is 24.8 Å². The second-order valence-corrected chi connectivity index (χ2v) is 16.1. The predicted octanol–water partition coefficient (Wildman–Crippen LogP) is 3.85. The van der Waals surface area contributed by atoms with Gasteiger partial charge in [-0.1, -0.05) is 6.07 Å². The van der Waals surface area contributed by atoms with Gasteiger partial charge in [0.25, 0.3) is 5.91 Å². The van der Waals surface area contributed by atoms with E-state index in [1.54, 1.807) is 12.1 Å². The lowest BCUT2D eigenvalue weighted by molar-refractivity contribution is -0.0666. The molecule has 2 aromatic carbocycles. The minimum Gasteiger partial charge on any atom is -0.495 e. The van der Waals surface area contributed by atoms with Gasteiger partial charge in [-0.15, -0.1) is 0 Å². The summed E-state index contributed by atoms with van der Waals surface area (Å²) in [5.74, 6) is 1.72. The van der Waals surface area contributed by atoms with E-state index in [1.165, 1.54) is 61.0 Å². The largest absolute Gasteiger partial charge is 0.495 e. The lowest BCUT2D eigenvalue weighted by atomic mass is 9.48. The van der Waals surface area contributed by atoms with Gasteiger partial charge in [0.05, 0.1) is 25.2 Å². The summed E-state index contributed by atoms with van der Waals surface area (Å²) in [6.07, 6.45) is 7.09. The minimum absolute atomic E-state index is 0.00440. The second-order valence-electron chi connectivity index (χ2n) is 12.5. The molecule has 12 heteroatoms. The average molecular weight is 618 g/mol. The molecule has 1 saturated heterocycles. The van der Waals surface area contributed by atoms with Crippen molar-refractivity contribution in [1.29, 1.82) is 0 Å². The third kappa shape index (κ3) is 5.59. The summed E-state index contributed by atoms with van der Waals surface area (Å²) in [5.41, 5.74) is 0.396. The normalized spacial score (nSPS) is 28.4. The first-order valence-corrected chi connectivity index (χ1v) is 17.6. The monoisotopic (exact) mass is 617 g/mol. The molecule has 5 fully saturated rings. The van der Waals surface area contributed by atoms with Crippen LogP contribution in [0.3, 0.4) is 0 Å². The summed E-state index contributed by atoms with van der Waals surface area (Å²) in [7, 11) is -6.38. The highest BCUT2D eigenvalue weighted by molar-refractivity contribution is 7.89. The van der Waals surface area contributed by atoms with Crippen LogP contribution in [0.1, 0.15) is 55.8 Å². The van der Waals surface area contributed by atoms with Gasteiger partial charge in [0, 0.05) is 30.4 Å². The van der Waals surface area contributed by atoms with Crippen molar-refractivity contribution < 1.29 is 31.1 Å². The molecule has 7 rings (SSSR count). The Hall–Kier alpha value is -2.51. The van der Waals surface area contributed by atoms with Crippen LogP contribution in [-0.4, -0.2) is 66.5 Å². The summed E-state index contributed by atoms with van der Waals surface area (Å²) in [6, 6.07) is 10.1. The highest BCUT2D eigenvalue weighted by atomic mass is 32.2. The predicted molar refractivity (Wildman–Crippen MR) is 157 cm³/mol. The molecule has 4 aliphatic carbocycles. The zero-order chi connectivity index (χ0) is 29.7. The smallest absolute Gasteiger partial charge is 0.255 e. The highest BCUT2D eigenvalue weighted by Crippen LogP contribution is 2.61. The van der Waals surface area contributed by atoms with E-state index < -0.39 is 26.0 Å². The summed E-state index contributed by atoms with van der Waals surface area (Å²) in [6.45, 7) is 3.03. The highest BCUT2D eigenvalue weighted by Gasteiger charge is 2.53. The topological polar surface area (TPSA) is 131 Å². The molecule has 228 valence electrons. The van der Waals surface area contributed by atoms with Gasteiger partial charge in [0.2, 0.25) is 20.0 Å². The van der Waals surface area contributed by atoms with Gasteiger partial charge in [-0.05, 0) is 105 Å². The molecule has 1 heterocycles. The van der Waals surface area contributed by atoms with Gasteiger partial charge in [-0.3, -0.25) is 4.79 Å². The van der Waals surface area contributed by atoms with Crippen molar-refractivity contribution in [3.8, 4) is 5.75 Å². The number of amides is 1. The van der Waals surface area contributed by atoms with Crippen molar-refractivity contribution in [1.82, 2.24) is 9.03 Å². The van der Waals surface area contributed by atoms with Crippen molar-refractivity contribution in [3.63, 3.8) is 0 Å². The van der Waals surface area contributed by atoms with Crippen molar-refractivity contribution in [3.05, 3.63) is 48.0 Å². The van der Waals surface area contributed by atoms with Crippen LogP contribution in [0.15, 0.2) is 52.3 Å². The Kier molecular flexibility index (Phi) is 7.88. The van der Waals surface area contributed by atoms with E-state index in [-0.39, 0.29) is 51.3 Å². The van der Waals surface area contributed by atoms with E-state index in [0.29, 0.717) is 31.0 Å². The Morgan fingerprint density at radius 1 is 0.976 bits per heavy atom. The molecular formula is C30H39N3O7S2. The first-order chi connectivity index (χ1) is 20.0. The zero-order valence-corrected chi connectivity index (χ0v) is 25.7. The Balaban J connectivity index is 1.19. The van der Waals surface area contributed by atoms with Crippen LogP contribution >= 0.6 is 0 Å². The van der Waals surface area contributed by atoms with E-state index in [1.807, 2.05) is 6.92 Å². The number of benzene rings is 2. The second kappa shape index (κ2) is 11.2. The number of anilines is 1. The molecule has 0 spiro atoms. The number of hydrogen-bond acceptors (Lipinski definition) is 7. The van der Waals surface area contributed by atoms with Crippen molar-refractivity contribution in [2.45, 2.75) is 61.3 Å². The SMILES string of the molecule is COc1ccc(NC(=O)c2cccc(S(=O)(=O)N[C@@H](C)C34CC5CC(CC(C5)C3)C4)c2)cc1S(=O)(=O)N1CCOCC1. The molecule has 10 nitrogen and oxygen atoms in total. The number of carbonyl (C=O) groups is 1. The maximum Gasteiger partial charge on any atom is 0.255 e. The lowest BCUT2D eigenvalue weighted by Gasteiger charge is -2.59. The van der Waals surface area contributed by atoms with Crippen molar-refractivity contribution in [2.75, 3.05) is 38.7 Å². The van der Waals surface area contributed by atoms with Crippen LogP contribution in [0.4, 0.5) is 5.69 Å². The number of carbonyl (C=O) groups excluding carboxylic acids is 1. The first-order valence-electron chi connectivity index (χ1n) is 14.7. The quantitative estimate of drug-likeness (QED) is 0.437.